The number of nitrogens with one attached hydrogen (secondary N) is 2. The molecule has 18 heavy (non-hydrogen) atoms. The van der Waals surface area contributed by atoms with E-state index in [4.69, 9.17) is 23.2 Å². The Morgan fingerprint density at radius 2 is 1.94 bits per heavy atom. The van der Waals surface area contributed by atoms with Crippen LogP contribution in [0.5, 0.6) is 0 Å². The maximum absolute atomic E-state index is 11.9. The molecule has 0 aromatic heterocycles. The Bertz CT molecular complexity index is 438. The van der Waals surface area contributed by atoms with Crippen molar-refractivity contribution in [1.82, 2.24) is 10.0 Å². The number of carbonyl (C=O) groups is 1. The molecule has 2 unspecified atom stereocenters. The minimum atomic E-state index is -3.59. The first-order chi connectivity index (χ1) is 8.03. The van der Waals surface area contributed by atoms with E-state index in [9.17, 15) is 13.2 Å². The number of rotatable bonds is 6. The molecule has 1 saturated carbocycles. The third kappa shape index (κ3) is 3.73. The number of sulfonamides is 1. The number of amides is 1. The van der Waals surface area contributed by atoms with Crippen molar-refractivity contribution in [3.8, 4) is 0 Å². The molecule has 0 radical (unpaired) electrons. The second-order valence-corrected chi connectivity index (χ2v) is 8.17. The van der Waals surface area contributed by atoms with Crippen LogP contribution in [-0.4, -0.2) is 37.0 Å². The average Bonchev–Trinajstić information content (AvgIpc) is 2.62. The molecule has 2 atom stereocenters. The summed E-state index contributed by atoms with van der Waals surface area (Å²) in [5.74, 6) is -0.540. The molecule has 0 saturated heterocycles. The quantitative estimate of drug-likeness (QED) is 0.718. The average molecular weight is 317 g/mol. The Labute approximate surface area is 118 Å². The lowest BCUT2D eigenvalue weighted by atomic mass is 10.2. The Kier molecular flexibility index (Phi) is 4.58. The van der Waals surface area contributed by atoms with Gasteiger partial charge in [-0.1, -0.05) is 6.92 Å². The van der Waals surface area contributed by atoms with Gasteiger partial charge in [-0.2, -0.15) is 0 Å². The molecule has 0 aromatic carbocycles. The van der Waals surface area contributed by atoms with Gasteiger partial charge >= 0.3 is 0 Å². The van der Waals surface area contributed by atoms with Crippen LogP contribution in [0.25, 0.3) is 0 Å². The highest BCUT2D eigenvalue weighted by molar-refractivity contribution is 7.89. The highest BCUT2D eigenvalue weighted by atomic mass is 35.5. The summed E-state index contributed by atoms with van der Waals surface area (Å²) in [5.41, 5.74) is -0.650. The molecule has 0 spiro atoms. The van der Waals surface area contributed by atoms with Gasteiger partial charge in [0.25, 0.3) is 0 Å². The summed E-state index contributed by atoms with van der Waals surface area (Å²) < 4.78 is 25.1. The van der Waals surface area contributed by atoms with Gasteiger partial charge in [0, 0.05) is 12.0 Å². The first kappa shape index (κ1) is 16.0. The molecule has 8 heteroatoms. The maximum atomic E-state index is 11.9. The van der Waals surface area contributed by atoms with E-state index in [1.807, 2.05) is 0 Å². The molecular formula is C10H18Cl2N2O3S. The van der Waals surface area contributed by atoms with Gasteiger partial charge < -0.3 is 5.32 Å². The van der Waals surface area contributed by atoms with Crippen molar-refractivity contribution in [1.29, 1.82) is 0 Å². The minimum absolute atomic E-state index is 0.184. The molecule has 0 aromatic rings. The smallest absolute Gasteiger partial charge is 0.237 e. The topological polar surface area (TPSA) is 75.3 Å². The lowest BCUT2D eigenvalue weighted by Crippen LogP contribution is -2.46. The highest BCUT2D eigenvalue weighted by Gasteiger charge is 2.64. The van der Waals surface area contributed by atoms with Crippen LogP contribution in [0.4, 0.5) is 0 Å². The van der Waals surface area contributed by atoms with E-state index in [1.54, 1.807) is 13.8 Å². The van der Waals surface area contributed by atoms with E-state index in [0.29, 0.717) is 13.0 Å². The van der Waals surface area contributed by atoms with Crippen LogP contribution in [0.1, 0.15) is 27.2 Å². The second kappa shape index (κ2) is 5.15. The van der Waals surface area contributed by atoms with Crippen molar-refractivity contribution in [3.05, 3.63) is 0 Å². The van der Waals surface area contributed by atoms with Crippen LogP contribution in [0.2, 0.25) is 0 Å². The van der Waals surface area contributed by atoms with Crippen LogP contribution in [0, 0.1) is 5.41 Å². The van der Waals surface area contributed by atoms with Crippen molar-refractivity contribution in [2.45, 2.75) is 37.6 Å². The zero-order valence-corrected chi connectivity index (χ0v) is 12.9. The van der Waals surface area contributed by atoms with Crippen LogP contribution >= 0.6 is 23.2 Å². The van der Waals surface area contributed by atoms with Crippen molar-refractivity contribution in [2.75, 3.05) is 12.3 Å². The number of hydrogen-bond acceptors (Lipinski definition) is 3. The molecule has 1 aliphatic carbocycles. The van der Waals surface area contributed by atoms with Gasteiger partial charge in [0.2, 0.25) is 15.9 Å². The molecule has 0 aliphatic heterocycles. The van der Waals surface area contributed by atoms with E-state index >= 15 is 0 Å². The summed E-state index contributed by atoms with van der Waals surface area (Å²) in [6, 6.07) is -0.808. The number of likely N-dealkylation sites (N-methyl/N-ethyl adjacent to an activating group) is 1. The molecule has 2 N–H and O–H groups in total. The van der Waals surface area contributed by atoms with Crippen LogP contribution in [0.15, 0.2) is 0 Å². The SMILES string of the molecule is CCNC(=O)C(C)NS(=O)(=O)CC1(C)CC1(Cl)Cl. The number of hydrogen-bond donors (Lipinski definition) is 2. The van der Waals surface area contributed by atoms with Gasteiger partial charge in [0.05, 0.1) is 11.8 Å². The Hall–Kier alpha value is -0.0400. The lowest BCUT2D eigenvalue weighted by molar-refractivity contribution is -0.122. The van der Waals surface area contributed by atoms with Gasteiger partial charge in [-0.15, -0.1) is 23.2 Å². The monoisotopic (exact) mass is 316 g/mol. The summed E-state index contributed by atoms with van der Waals surface area (Å²) in [5, 5.41) is 2.54. The second-order valence-electron chi connectivity index (χ2n) is 4.94. The van der Waals surface area contributed by atoms with E-state index in [-0.39, 0.29) is 11.7 Å². The first-order valence-corrected chi connectivity index (χ1v) is 8.09. The fourth-order valence-electron chi connectivity index (χ4n) is 1.71. The van der Waals surface area contributed by atoms with Gasteiger partial charge in [-0.05, 0) is 20.3 Å². The molecule has 1 aliphatic rings. The zero-order chi connectivity index (χ0) is 14.2. The molecule has 1 amide bonds. The Morgan fingerprint density at radius 1 is 1.44 bits per heavy atom. The van der Waals surface area contributed by atoms with Crippen LogP contribution in [-0.2, 0) is 14.8 Å². The van der Waals surface area contributed by atoms with Crippen molar-refractivity contribution >= 4 is 39.1 Å². The summed E-state index contributed by atoms with van der Waals surface area (Å²) in [7, 11) is -3.59. The van der Waals surface area contributed by atoms with E-state index in [0.717, 1.165) is 0 Å². The summed E-state index contributed by atoms with van der Waals surface area (Å²) >= 11 is 11.8. The largest absolute Gasteiger partial charge is 0.355 e. The van der Waals surface area contributed by atoms with E-state index in [2.05, 4.69) is 10.0 Å². The van der Waals surface area contributed by atoms with Crippen molar-refractivity contribution in [2.24, 2.45) is 5.41 Å². The normalized spacial score (nSPS) is 27.6. The molecule has 0 heterocycles. The van der Waals surface area contributed by atoms with Gasteiger partial charge in [0.1, 0.15) is 4.33 Å². The van der Waals surface area contributed by atoms with Crippen molar-refractivity contribution in [3.63, 3.8) is 0 Å². The van der Waals surface area contributed by atoms with Gasteiger partial charge in [-0.25, -0.2) is 13.1 Å². The van der Waals surface area contributed by atoms with Gasteiger partial charge in [-0.3, -0.25) is 4.79 Å². The molecule has 5 nitrogen and oxygen atoms in total. The molecule has 0 bridgehead atoms. The summed E-state index contributed by atoms with van der Waals surface area (Å²) in [6.07, 6.45) is 0.430. The maximum Gasteiger partial charge on any atom is 0.237 e. The third-order valence-corrected chi connectivity index (χ3v) is 5.89. The van der Waals surface area contributed by atoms with E-state index in [1.165, 1.54) is 6.92 Å². The highest BCUT2D eigenvalue weighted by Crippen LogP contribution is 2.64. The minimum Gasteiger partial charge on any atom is -0.355 e. The lowest BCUT2D eigenvalue weighted by Gasteiger charge is -2.17. The Morgan fingerprint density at radius 3 is 2.33 bits per heavy atom. The van der Waals surface area contributed by atoms with Crippen molar-refractivity contribution < 1.29 is 13.2 Å². The molecule has 1 fully saturated rings. The van der Waals surface area contributed by atoms with Crippen LogP contribution in [0.3, 0.4) is 0 Å². The summed E-state index contributed by atoms with van der Waals surface area (Å²) in [4.78, 5) is 11.4. The number of carbonyl (C=O) groups excluding carboxylic acids is 1. The third-order valence-electron chi connectivity index (χ3n) is 2.98. The van der Waals surface area contributed by atoms with Gasteiger partial charge in [0.15, 0.2) is 0 Å². The predicted molar refractivity (Wildman–Crippen MR) is 72.2 cm³/mol. The first-order valence-electron chi connectivity index (χ1n) is 5.68. The molecular weight excluding hydrogens is 299 g/mol. The Balaban J connectivity index is 2.59. The van der Waals surface area contributed by atoms with E-state index < -0.39 is 25.8 Å². The standard InChI is InChI=1S/C10H18Cl2N2O3S/c1-4-13-8(15)7(2)14-18(16,17)6-9(3)5-10(9,11)12/h7,14H,4-6H2,1-3H3,(H,13,15). The zero-order valence-electron chi connectivity index (χ0n) is 10.6. The predicted octanol–water partition coefficient (Wildman–Crippen LogP) is 1.01. The summed E-state index contributed by atoms with van der Waals surface area (Å²) in [6.45, 7) is 5.42. The number of alkyl halides is 2. The fourth-order valence-corrected chi connectivity index (χ4v) is 4.51. The van der Waals surface area contributed by atoms with Crippen LogP contribution < -0.4 is 10.0 Å². The number of halogens is 2. The molecule has 106 valence electrons. The molecule has 1 rings (SSSR count). The fraction of sp³-hybridized carbons (Fsp3) is 0.900.